The van der Waals surface area contributed by atoms with Crippen LogP contribution >= 0.6 is 0 Å². The van der Waals surface area contributed by atoms with E-state index in [2.05, 4.69) is 4.98 Å². The van der Waals surface area contributed by atoms with Gasteiger partial charge in [0.25, 0.3) is 0 Å². The number of hydrogen-bond donors (Lipinski definition) is 1. The molecule has 0 atom stereocenters. The summed E-state index contributed by atoms with van der Waals surface area (Å²) >= 11 is 0. The van der Waals surface area contributed by atoms with Crippen LogP contribution in [0.4, 0.5) is 0 Å². The van der Waals surface area contributed by atoms with Crippen molar-refractivity contribution in [3.8, 4) is 5.75 Å². The Morgan fingerprint density at radius 3 is 2.57 bits per heavy atom. The van der Waals surface area contributed by atoms with Crippen LogP contribution in [0.25, 0.3) is 23.1 Å². The summed E-state index contributed by atoms with van der Waals surface area (Å²) in [5, 5.41) is 0.631. The Labute approximate surface area is 122 Å². The van der Waals surface area contributed by atoms with Gasteiger partial charge in [-0.25, -0.2) is 0 Å². The van der Waals surface area contributed by atoms with E-state index < -0.39 is 0 Å². The second kappa shape index (κ2) is 5.67. The number of nitrogens with one attached hydrogen (secondary N) is 1. The van der Waals surface area contributed by atoms with Crippen molar-refractivity contribution in [2.75, 3.05) is 7.11 Å². The average molecular weight is 277 g/mol. The van der Waals surface area contributed by atoms with Crippen molar-refractivity contribution in [1.82, 2.24) is 4.98 Å². The molecule has 0 unspecified atom stereocenters. The maximum atomic E-state index is 12.2. The molecule has 104 valence electrons. The van der Waals surface area contributed by atoms with Crippen molar-refractivity contribution in [2.24, 2.45) is 0 Å². The smallest absolute Gasteiger partial charge is 0.190 e. The van der Waals surface area contributed by atoms with Crippen LogP contribution in [0.5, 0.6) is 5.75 Å². The number of ether oxygens (including phenoxy) is 1. The average Bonchev–Trinajstić information content (AvgIpc) is 2.54. The predicted molar refractivity (Wildman–Crippen MR) is 86.5 cm³/mol. The van der Waals surface area contributed by atoms with Gasteiger partial charge in [-0.2, -0.15) is 0 Å². The maximum Gasteiger partial charge on any atom is 0.190 e. The number of rotatable bonds is 3. The van der Waals surface area contributed by atoms with Crippen LogP contribution in [0, 0.1) is 0 Å². The molecule has 1 heterocycles. The van der Waals surface area contributed by atoms with E-state index in [1.807, 2.05) is 54.6 Å². The molecule has 0 aliphatic rings. The molecular formula is C18H15NO2. The fourth-order valence-electron chi connectivity index (χ4n) is 2.21. The van der Waals surface area contributed by atoms with Gasteiger partial charge in [0.15, 0.2) is 5.43 Å². The highest BCUT2D eigenvalue weighted by Crippen LogP contribution is 2.17. The Kier molecular flexibility index (Phi) is 3.56. The maximum absolute atomic E-state index is 12.2. The summed E-state index contributed by atoms with van der Waals surface area (Å²) in [5.74, 6) is 0.681. The van der Waals surface area contributed by atoms with Gasteiger partial charge in [0.2, 0.25) is 0 Å². The zero-order valence-electron chi connectivity index (χ0n) is 11.7. The van der Waals surface area contributed by atoms with Gasteiger partial charge in [-0.15, -0.1) is 0 Å². The Bertz CT molecular complexity index is 848. The minimum atomic E-state index is -0.0182. The molecule has 0 aliphatic heterocycles. The first-order chi connectivity index (χ1) is 10.3. The van der Waals surface area contributed by atoms with Crippen molar-refractivity contribution in [3.63, 3.8) is 0 Å². The number of methoxy groups -OCH3 is 1. The van der Waals surface area contributed by atoms with E-state index in [0.717, 1.165) is 16.8 Å². The molecule has 0 radical (unpaired) electrons. The number of fused-ring (bicyclic) bond motifs is 1. The van der Waals surface area contributed by atoms with E-state index in [4.69, 9.17) is 4.74 Å². The van der Waals surface area contributed by atoms with Crippen LogP contribution in [0.1, 0.15) is 11.3 Å². The second-order valence-corrected chi connectivity index (χ2v) is 4.74. The van der Waals surface area contributed by atoms with Gasteiger partial charge in [0.05, 0.1) is 7.11 Å². The largest absolute Gasteiger partial charge is 0.497 e. The van der Waals surface area contributed by atoms with Gasteiger partial charge in [-0.1, -0.05) is 36.4 Å². The molecule has 3 heteroatoms. The molecule has 1 aromatic heterocycles. The van der Waals surface area contributed by atoms with E-state index in [0.29, 0.717) is 11.1 Å². The lowest BCUT2D eigenvalue weighted by Crippen LogP contribution is -2.03. The molecular weight excluding hydrogens is 262 g/mol. The van der Waals surface area contributed by atoms with Gasteiger partial charge in [-0.3, -0.25) is 4.79 Å². The quantitative estimate of drug-likeness (QED) is 0.793. The fourth-order valence-corrected chi connectivity index (χ4v) is 2.21. The molecule has 0 aliphatic carbocycles. The predicted octanol–water partition coefficient (Wildman–Crippen LogP) is 3.71. The van der Waals surface area contributed by atoms with E-state index in [1.165, 1.54) is 0 Å². The molecule has 3 rings (SSSR count). The van der Waals surface area contributed by atoms with E-state index in [1.54, 1.807) is 19.2 Å². The first-order valence-corrected chi connectivity index (χ1v) is 6.70. The Balaban J connectivity index is 2.01. The highest BCUT2D eigenvalue weighted by Gasteiger charge is 2.02. The molecule has 0 bridgehead atoms. The lowest BCUT2D eigenvalue weighted by atomic mass is 10.1. The topological polar surface area (TPSA) is 42.1 Å². The van der Waals surface area contributed by atoms with Gasteiger partial charge in [0, 0.05) is 22.7 Å². The SMILES string of the molecule is COc1ccc2[nH]c(C=Cc3ccccc3)cc(=O)c2c1. The zero-order chi connectivity index (χ0) is 14.7. The van der Waals surface area contributed by atoms with E-state index >= 15 is 0 Å². The lowest BCUT2D eigenvalue weighted by Gasteiger charge is -2.03. The van der Waals surface area contributed by atoms with Crippen molar-refractivity contribution < 1.29 is 4.74 Å². The molecule has 0 amide bonds. The van der Waals surface area contributed by atoms with E-state index in [-0.39, 0.29) is 5.43 Å². The molecule has 0 saturated carbocycles. The fraction of sp³-hybridized carbons (Fsp3) is 0.0556. The summed E-state index contributed by atoms with van der Waals surface area (Å²) in [6, 6.07) is 17.0. The Hall–Kier alpha value is -2.81. The van der Waals surface area contributed by atoms with Crippen molar-refractivity contribution >= 4 is 23.1 Å². The Morgan fingerprint density at radius 2 is 1.81 bits per heavy atom. The van der Waals surface area contributed by atoms with Gasteiger partial charge < -0.3 is 9.72 Å². The first kappa shape index (κ1) is 13.2. The minimum Gasteiger partial charge on any atom is -0.497 e. The number of aromatic nitrogens is 1. The molecule has 3 aromatic rings. The van der Waals surface area contributed by atoms with Gasteiger partial charge in [-0.05, 0) is 29.8 Å². The Morgan fingerprint density at radius 1 is 1.00 bits per heavy atom. The summed E-state index contributed by atoms with van der Waals surface area (Å²) in [6.07, 6.45) is 3.88. The molecule has 0 spiro atoms. The molecule has 0 saturated heterocycles. The highest BCUT2D eigenvalue weighted by atomic mass is 16.5. The van der Waals surface area contributed by atoms with Crippen molar-refractivity contribution in [1.29, 1.82) is 0 Å². The van der Waals surface area contributed by atoms with Crippen LogP contribution in [-0.4, -0.2) is 12.1 Å². The van der Waals surface area contributed by atoms with Crippen LogP contribution < -0.4 is 10.2 Å². The molecule has 1 N–H and O–H groups in total. The molecule has 21 heavy (non-hydrogen) atoms. The third-order valence-electron chi connectivity index (χ3n) is 3.31. The van der Waals surface area contributed by atoms with Crippen LogP contribution in [-0.2, 0) is 0 Å². The monoisotopic (exact) mass is 277 g/mol. The molecule has 0 fully saturated rings. The lowest BCUT2D eigenvalue weighted by molar-refractivity contribution is 0.415. The highest BCUT2D eigenvalue weighted by molar-refractivity contribution is 5.82. The molecule has 2 aromatic carbocycles. The number of H-pyrrole nitrogens is 1. The summed E-state index contributed by atoms with van der Waals surface area (Å²) < 4.78 is 5.15. The zero-order valence-corrected chi connectivity index (χ0v) is 11.7. The first-order valence-electron chi connectivity index (χ1n) is 6.70. The van der Waals surface area contributed by atoms with Crippen molar-refractivity contribution in [3.05, 3.63) is 76.1 Å². The summed E-state index contributed by atoms with van der Waals surface area (Å²) in [4.78, 5) is 15.4. The van der Waals surface area contributed by atoms with Crippen molar-refractivity contribution in [2.45, 2.75) is 0 Å². The van der Waals surface area contributed by atoms with E-state index in [9.17, 15) is 4.79 Å². The standard InChI is InChI=1S/C18H15NO2/c1-21-15-9-10-17-16(12-15)18(20)11-14(19-17)8-7-13-5-3-2-4-6-13/h2-12H,1H3,(H,19,20). The summed E-state index contributed by atoms with van der Waals surface area (Å²) in [7, 11) is 1.59. The number of aromatic amines is 1. The second-order valence-electron chi connectivity index (χ2n) is 4.74. The van der Waals surface area contributed by atoms with Gasteiger partial charge >= 0.3 is 0 Å². The number of hydrogen-bond acceptors (Lipinski definition) is 2. The third-order valence-corrected chi connectivity index (χ3v) is 3.31. The number of benzene rings is 2. The summed E-state index contributed by atoms with van der Waals surface area (Å²) in [6.45, 7) is 0. The van der Waals surface area contributed by atoms with Crippen LogP contribution in [0.15, 0.2) is 59.4 Å². The normalized spacial score (nSPS) is 11.1. The van der Waals surface area contributed by atoms with Crippen LogP contribution in [0.2, 0.25) is 0 Å². The summed E-state index contributed by atoms with van der Waals surface area (Å²) in [5.41, 5.74) is 2.65. The molecule has 3 nitrogen and oxygen atoms in total. The minimum absolute atomic E-state index is 0.0182. The number of pyridine rings is 1. The third kappa shape index (κ3) is 2.87. The van der Waals surface area contributed by atoms with Gasteiger partial charge in [0.1, 0.15) is 5.75 Å². The van der Waals surface area contributed by atoms with Crippen LogP contribution in [0.3, 0.4) is 0 Å².